The number of piperidine rings is 1. The van der Waals surface area contributed by atoms with Gasteiger partial charge in [0, 0.05) is 5.92 Å². The van der Waals surface area contributed by atoms with E-state index in [4.69, 9.17) is 10.5 Å². The van der Waals surface area contributed by atoms with Crippen LogP contribution in [0.2, 0.25) is 0 Å². The predicted octanol–water partition coefficient (Wildman–Crippen LogP) is 2.66. The monoisotopic (exact) mass is 302 g/mol. The van der Waals surface area contributed by atoms with Gasteiger partial charge in [0.1, 0.15) is 5.75 Å². The number of rotatable bonds is 5. The number of halogens is 3. The van der Waals surface area contributed by atoms with E-state index in [1.54, 1.807) is 0 Å². The van der Waals surface area contributed by atoms with Crippen molar-refractivity contribution in [3.8, 4) is 5.75 Å². The molecule has 0 bridgehead atoms. The standard InChI is InChI=1S/C15H21F3N2O/c16-15(17,18)13-1-3-14(4-2-13)21-10-12(9-19)11-5-7-20-8-6-11/h1-4,11-12,20H,5-10,19H2. The van der Waals surface area contributed by atoms with Gasteiger partial charge in [0.2, 0.25) is 0 Å². The van der Waals surface area contributed by atoms with E-state index in [2.05, 4.69) is 5.32 Å². The Balaban J connectivity index is 1.89. The maximum atomic E-state index is 12.5. The lowest BCUT2D eigenvalue weighted by atomic mass is 9.85. The largest absolute Gasteiger partial charge is 0.493 e. The number of nitrogens with one attached hydrogen (secondary N) is 1. The first-order valence-corrected chi connectivity index (χ1v) is 7.21. The van der Waals surface area contributed by atoms with Crippen molar-refractivity contribution in [3.05, 3.63) is 29.8 Å². The lowest BCUT2D eigenvalue weighted by Gasteiger charge is -2.29. The zero-order valence-corrected chi connectivity index (χ0v) is 11.8. The molecule has 6 heteroatoms. The molecule has 1 heterocycles. The Kier molecular flexibility index (Phi) is 5.47. The van der Waals surface area contributed by atoms with Gasteiger partial charge < -0.3 is 15.8 Å². The van der Waals surface area contributed by atoms with Crippen LogP contribution in [-0.2, 0) is 6.18 Å². The SMILES string of the molecule is NCC(COc1ccc(C(F)(F)F)cc1)C1CCNCC1. The van der Waals surface area contributed by atoms with Crippen LogP contribution >= 0.6 is 0 Å². The normalized spacial score (nSPS) is 18.5. The molecule has 3 nitrogen and oxygen atoms in total. The minimum absolute atomic E-state index is 0.245. The summed E-state index contributed by atoms with van der Waals surface area (Å²) in [5, 5.41) is 3.30. The molecule has 0 amide bonds. The third-order valence-corrected chi connectivity index (χ3v) is 4.00. The van der Waals surface area contributed by atoms with Crippen LogP contribution in [0.3, 0.4) is 0 Å². The van der Waals surface area contributed by atoms with Crippen LogP contribution in [0.1, 0.15) is 18.4 Å². The van der Waals surface area contributed by atoms with E-state index < -0.39 is 11.7 Å². The van der Waals surface area contributed by atoms with Gasteiger partial charge in [0.25, 0.3) is 0 Å². The number of hydrogen-bond donors (Lipinski definition) is 2. The van der Waals surface area contributed by atoms with E-state index in [0.717, 1.165) is 38.1 Å². The quantitative estimate of drug-likeness (QED) is 0.879. The highest BCUT2D eigenvalue weighted by Crippen LogP contribution is 2.30. The molecule has 118 valence electrons. The molecule has 0 saturated carbocycles. The first-order chi connectivity index (χ1) is 10.0. The Morgan fingerprint density at radius 3 is 2.33 bits per heavy atom. The van der Waals surface area contributed by atoms with Crippen molar-refractivity contribution in [2.45, 2.75) is 19.0 Å². The average Bonchev–Trinajstić information content (AvgIpc) is 2.48. The van der Waals surface area contributed by atoms with Crippen LogP contribution in [0, 0.1) is 11.8 Å². The Hall–Kier alpha value is -1.27. The molecule has 2 rings (SSSR count). The summed E-state index contributed by atoms with van der Waals surface area (Å²) in [6.45, 7) is 2.96. The maximum Gasteiger partial charge on any atom is 0.416 e. The molecule has 21 heavy (non-hydrogen) atoms. The molecule has 0 radical (unpaired) electrons. The number of ether oxygens (including phenoxy) is 1. The second-order valence-corrected chi connectivity index (χ2v) is 5.42. The van der Waals surface area contributed by atoms with Crippen molar-refractivity contribution >= 4 is 0 Å². The minimum Gasteiger partial charge on any atom is -0.493 e. The predicted molar refractivity (Wildman–Crippen MR) is 75.1 cm³/mol. The Morgan fingerprint density at radius 1 is 1.19 bits per heavy atom. The zero-order valence-electron chi connectivity index (χ0n) is 11.8. The molecule has 0 aliphatic carbocycles. The molecule has 1 fully saturated rings. The minimum atomic E-state index is -4.31. The smallest absolute Gasteiger partial charge is 0.416 e. The Morgan fingerprint density at radius 2 is 1.81 bits per heavy atom. The zero-order chi connectivity index (χ0) is 15.3. The van der Waals surface area contributed by atoms with Gasteiger partial charge in [0.15, 0.2) is 0 Å². The van der Waals surface area contributed by atoms with Crippen molar-refractivity contribution < 1.29 is 17.9 Å². The highest BCUT2D eigenvalue weighted by atomic mass is 19.4. The van der Waals surface area contributed by atoms with Crippen LogP contribution in [0.15, 0.2) is 24.3 Å². The second kappa shape index (κ2) is 7.13. The van der Waals surface area contributed by atoms with Crippen molar-refractivity contribution in [1.82, 2.24) is 5.32 Å². The fraction of sp³-hybridized carbons (Fsp3) is 0.600. The molecule has 1 aromatic carbocycles. The van der Waals surface area contributed by atoms with E-state index >= 15 is 0 Å². The third-order valence-electron chi connectivity index (χ3n) is 4.00. The van der Waals surface area contributed by atoms with Crippen LogP contribution in [0.5, 0.6) is 5.75 Å². The second-order valence-electron chi connectivity index (χ2n) is 5.42. The van der Waals surface area contributed by atoms with Gasteiger partial charge in [-0.25, -0.2) is 0 Å². The van der Waals surface area contributed by atoms with Crippen molar-refractivity contribution in [2.75, 3.05) is 26.2 Å². The van der Waals surface area contributed by atoms with Crippen LogP contribution in [-0.4, -0.2) is 26.2 Å². The fourth-order valence-electron chi connectivity index (χ4n) is 2.66. The van der Waals surface area contributed by atoms with Gasteiger partial charge in [-0.15, -0.1) is 0 Å². The summed E-state index contributed by atoms with van der Waals surface area (Å²) in [5.41, 5.74) is 5.14. The van der Waals surface area contributed by atoms with Crippen LogP contribution in [0.4, 0.5) is 13.2 Å². The molecule has 1 aromatic rings. The summed E-state index contributed by atoms with van der Waals surface area (Å²) >= 11 is 0. The summed E-state index contributed by atoms with van der Waals surface area (Å²) in [7, 11) is 0. The van der Waals surface area contributed by atoms with Gasteiger partial charge in [-0.05, 0) is 62.7 Å². The van der Waals surface area contributed by atoms with E-state index in [9.17, 15) is 13.2 Å². The number of hydrogen-bond acceptors (Lipinski definition) is 3. The Labute approximate surface area is 122 Å². The summed E-state index contributed by atoms with van der Waals surface area (Å²) in [6, 6.07) is 4.80. The number of alkyl halides is 3. The third kappa shape index (κ3) is 4.61. The van der Waals surface area contributed by atoms with Gasteiger partial charge in [-0.3, -0.25) is 0 Å². The van der Waals surface area contributed by atoms with Crippen LogP contribution < -0.4 is 15.8 Å². The molecule has 0 spiro atoms. The molecule has 1 atom stereocenters. The summed E-state index contributed by atoms with van der Waals surface area (Å²) in [5.74, 6) is 1.22. The molecule has 1 aliphatic heterocycles. The maximum absolute atomic E-state index is 12.5. The topological polar surface area (TPSA) is 47.3 Å². The van der Waals surface area contributed by atoms with E-state index in [-0.39, 0.29) is 5.92 Å². The van der Waals surface area contributed by atoms with Crippen molar-refractivity contribution in [1.29, 1.82) is 0 Å². The van der Waals surface area contributed by atoms with Gasteiger partial charge in [-0.1, -0.05) is 0 Å². The molecule has 1 aliphatic rings. The molecular weight excluding hydrogens is 281 g/mol. The van der Waals surface area contributed by atoms with E-state index in [1.165, 1.54) is 12.1 Å². The average molecular weight is 302 g/mol. The summed E-state index contributed by atoms with van der Waals surface area (Å²) in [6.07, 6.45) is -2.18. The Bertz CT molecular complexity index is 428. The van der Waals surface area contributed by atoms with E-state index in [1.807, 2.05) is 0 Å². The molecule has 3 N–H and O–H groups in total. The first-order valence-electron chi connectivity index (χ1n) is 7.21. The van der Waals surface area contributed by atoms with Gasteiger partial charge in [-0.2, -0.15) is 13.2 Å². The summed E-state index contributed by atoms with van der Waals surface area (Å²) in [4.78, 5) is 0. The van der Waals surface area contributed by atoms with Gasteiger partial charge in [0.05, 0.1) is 12.2 Å². The van der Waals surface area contributed by atoms with Gasteiger partial charge >= 0.3 is 6.18 Å². The fourth-order valence-corrected chi connectivity index (χ4v) is 2.66. The highest BCUT2D eigenvalue weighted by Gasteiger charge is 2.30. The van der Waals surface area contributed by atoms with Crippen LogP contribution in [0.25, 0.3) is 0 Å². The van der Waals surface area contributed by atoms with Crippen molar-refractivity contribution in [2.24, 2.45) is 17.6 Å². The molecular formula is C15H21F3N2O. The number of benzene rings is 1. The molecule has 0 aromatic heterocycles. The number of nitrogens with two attached hydrogens (primary N) is 1. The van der Waals surface area contributed by atoms with Crippen molar-refractivity contribution in [3.63, 3.8) is 0 Å². The van der Waals surface area contributed by atoms with E-state index in [0.29, 0.717) is 24.8 Å². The molecule has 1 unspecified atom stereocenters. The first kappa shape index (κ1) is 16.1. The molecule has 1 saturated heterocycles. The highest BCUT2D eigenvalue weighted by molar-refractivity contribution is 5.28. The lowest BCUT2D eigenvalue weighted by Crippen LogP contribution is -2.37. The summed E-state index contributed by atoms with van der Waals surface area (Å²) < 4.78 is 43.0. The lowest BCUT2D eigenvalue weighted by molar-refractivity contribution is -0.137.